The van der Waals surface area contributed by atoms with Gasteiger partial charge in [-0.15, -0.1) is 11.3 Å². The molecule has 1 N–H and O–H groups in total. The zero-order valence-electron chi connectivity index (χ0n) is 18.4. The molecule has 1 atom stereocenters. The highest BCUT2D eigenvalue weighted by Gasteiger charge is 2.31. The number of carboxylic acids is 1. The van der Waals surface area contributed by atoms with Gasteiger partial charge in [0.25, 0.3) is 0 Å². The summed E-state index contributed by atoms with van der Waals surface area (Å²) >= 11 is 1.59. The maximum Gasteiger partial charge on any atom is 0.410 e. The molecule has 2 aliphatic rings. The fourth-order valence-corrected chi connectivity index (χ4v) is 4.91. The standard InChI is InChI=1S/C23H27N3O5S/c1-23(2,3)30-22(29)26-10-8-14(9-11-26)20-24-18(13-32-20)17-12-19(31-25-17)15-6-4-5-7-16(15)21(27)28/h4-7,13-14,19H,8-12H2,1-3H3,(H,27,28). The topological polar surface area (TPSA) is 101 Å². The normalized spacial score (nSPS) is 19.4. The second-order valence-corrected chi connectivity index (χ2v) is 9.93. The van der Waals surface area contributed by atoms with Crippen molar-refractivity contribution < 1.29 is 24.3 Å². The Morgan fingerprint density at radius 1 is 1.22 bits per heavy atom. The second kappa shape index (κ2) is 8.90. The number of rotatable bonds is 4. The molecule has 1 amide bonds. The summed E-state index contributed by atoms with van der Waals surface area (Å²) in [5.74, 6) is -0.690. The zero-order valence-corrected chi connectivity index (χ0v) is 19.2. The Labute approximate surface area is 190 Å². The number of nitrogens with zero attached hydrogens (tertiary/aromatic N) is 3. The van der Waals surface area contributed by atoms with Crippen molar-refractivity contribution in [2.75, 3.05) is 13.1 Å². The second-order valence-electron chi connectivity index (χ2n) is 9.04. The highest BCUT2D eigenvalue weighted by atomic mass is 32.1. The van der Waals surface area contributed by atoms with E-state index in [2.05, 4.69) is 5.16 Å². The van der Waals surface area contributed by atoms with Gasteiger partial charge in [-0.2, -0.15) is 0 Å². The molecule has 0 saturated carbocycles. The number of aromatic nitrogens is 1. The SMILES string of the molecule is CC(C)(C)OC(=O)N1CCC(c2nc(C3=NOC(c4ccccc4C(=O)O)C3)cs2)CC1. The number of hydrogen-bond acceptors (Lipinski definition) is 7. The van der Waals surface area contributed by atoms with Crippen molar-refractivity contribution in [3.63, 3.8) is 0 Å². The van der Waals surface area contributed by atoms with Crippen molar-refractivity contribution in [3.05, 3.63) is 51.5 Å². The molecule has 170 valence electrons. The lowest BCUT2D eigenvalue weighted by molar-refractivity contribution is 0.0204. The van der Waals surface area contributed by atoms with Crippen molar-refractivity contribution in [1.82, 2.24) is 9.88 Å². The van der Waals surface area contributed by atoms with Gasteiger partial charge in [-0.05, 0) is 39.7 Å². The van der Waals surface area contributed by atoms with Crippen LogP contribution >= 0.6 is 11.3 Å². The highest BCUT2D eigenvalue weighted by Crippen LogP contribution is 2.34. The molecule has 0 radical (unpaired) electrons. The molecule has 1 aromatic heterocycles. The predicted octanol–water partition coefficient (Wildman–Crippen LogP) is 4.82. The Balaban J connectivity index is 1.36. The van der Waals surface area contributed by atoms with Gasteiger partial charge in [0.15, 0.2) is 6.10 Å². The summed E-state index contributed by atoms with van der Waals surface area (Å²) in [6, 6.07) is 6.83. The number of thiazole rings is 1. The first-order valence-electron chi connectivity index (χ1n) is 10.7. The Morgan fingerprint density at radius 3 is 2.62 bits per heavy atom. The molecule has 1 saturated heterocycles. The minimum atomic E-state index is -0.980. The van der Waals surface area contributed by atoms with Crippen LogP contribution in [0.25, 0.3) is 0 Å². The molecular formula is C23H27N3O5S. The predicted molar refractivity (Wildman–Crippen MR) is 120 cm³/mol. The molecule has 2 aromatic rings. The molecule has 0 spiro atoms. The first kappa shape index (κ1) is 22.3. The Hall–Kier alpha value is -2.94. The lowest BCUT2D eigenvalue weighted by atomic mass is 9.97. The minimum absolute atomic E-state index is 0.227. The summed E-state index contributed by atoms with van der Waals surface area (Å²) in [4.78, 5) is 35.9. The van der Waals surface area contributed by atoms with Crippen LogP contribution in [-0.2, 0) is 9.57 Å². The van der Waals surface area contributed by atoms with Crippen LogP contribution < -0.4 is 0 Å². The van der Waals surface area contributed by atoms with E-state index in [0.717, 1.165) is 29.3 Å². The molecule has 1 aromatic carbocycles. The van der Waals surface area contributed by atoms with Crippen molar-refractivity contribution in [1.29, 1.82) is 0 Å². The molecule has 3 heterocycles. The smallest absolute Gasteiger partial charge is 0.410 e. The van der Waals surface area contributed by atoms with Gasteiger partial charge >= 0.3 is 12.1 Å². The van der Waals surface area contributed by atoms with Crippen LogP contribution in [0.15, 0.2) is 34.8 Å². The van der Waals surface area contributed by atoms with E-state index in [1.165, 1.54) is 0 Å². The van der Waals surface area contributed by atoms with E-state index in [0.29, 0.717) is 31.0 Å². The average Bonchev–Trinajstić information content (AvgIpc) is 3.42. The van der Waals surface area contributed by atoms with E-state index in [1.54, 1.807) is 40.5 Å². The third kappa shape index (κ3) is 4.93. The van der Waals surface area contributed by atoms with Gasteiger partial charge in [0.2, 0.25) is 0 Å². The zero-order chi connectivity index (χ0) is 22.9. The number of aromatic carboxylic acids is 1. The van der Waals surface area contributed by atoms with Gasteiger partial charge in [-0.25, -0.2) is 14.6 Å². The summed E-state index contributed by atoms with van der Waals surface area (Å²) in [6.45, 7) is 6.90. The van der Waals surface area contributed by atoms with Gasteiger partial charge in [0, 0.05) is 36.4 Å². The lowest BCUT2D eigenvalue weighted by Gasteiger charge is -2.32. The van der Waals surface area contributed by atoms with Gasteiger partial charge in [-0.1, -0.05) is 23.4 Å². The minimum Gasteiger partial charge on any atom is -0.478 e. The molecule has 9 heteroatoms. The fourth-order valence-electron chi connectivity index (χ4n) is 3.91. The number of ether oxygens (including phenoxy) is 1. The molecule has 0 aliphatic carbocycles. The molecule has 32 heavy (non-hydrogen) atoms. The summed E-state index contributed by atoms with van der Waals surface area (Å²) in [5, 5.41) is 16.6. The quantitative estimate of drug-likeness (QED) is 0.706. The summed E-state index contributed by atoms with van der Waals surface area (Å²) in [6.07, 6.45) is 1.46. The van der Waals surface area contributed by atoms with Crippen LogP contribution in [0.5, 0.6) is 0 Å². The van der Waals surface area contributed by atoms with E-state index >= 15 is 0 Å². The van der Waals surface area contributed by atoms with Crippen LogP contribution in [-0.4, -0.2) is 51.5 Å². The van der Waals surface area contributed by atoms with Crippen LogP contribution in [0.3, 0.4) is 0 Å². The molecule has 4 rings (SSSR count). The number of hydrogen-bond donors (Lipinski definition) is 1. The fraction of sp³-hybridized carbons (Fsp3) is 0.478. The summed E-state index contributed by atoms with van der Waals surface area (Å²) < 4.78 is 5.47. The molecule has 0 bridgehead atoms. The molecule has 1 fully saturated rings. The van der Waals surface area contributed by atoms with E-state index < -0.39 is 17.7 Å². The van der Waals surface area contributed by atoms with Crippen LogP contribution in [0.4, 0.5) is 4.79 Å². The van der Waals surface area contributed by atoms with Gasteiger partial charge in [0.1, 0.15) is 11.3 Å². The maximum atomic E-state index is 12.3. The summed E-state index contributed by atoms with van der Waals surface area (Å²) in [7, 11) is 0. The van der Waals surface area contributed by atoms with Gasteiger partial charge in [-0.3, -0.25) is 0 Å². The first-order chi connectivity index (χ1) is 15.2. The van der Waals surface area contributed by atoms with E-state index in [4.69, 9.17) is 14.6 Å². The number of amides is 1. The molecule has 8 nitrogen and oxygen atoms in total. The maximum absolute atomic E-state index is 12.3. The Morgan fingerprint density at radius 2 is 1.94 bits per heavy atom. The number of benzene rings is 1. The molecule has 2 aliphatic heterocycles. The van der Waals surface area contributed by atoms with Gasteiger partial charge in [0.05, 0.1) is 16.3 Å². The van der Waals surface area contributed by atoms with Crippen molar-refractivity contribution >= 4 is 29.1 Å². The Bertz CT molecular complexity index is 1030. The monoisotopic (exact) mass is 457 g/mol. The number of carboxylic acid groups (broad SMARTS) is 1. The number of likely N-dealkylation sites (tertiary alicyclic amines) is 1. The molecular weight excluding hydrogens is 430 g/mol. The van der Waals surface area contributed by atoms with Crippen molar-refractivity contribution in [3.8, 4) is 0 Å². The van der Waals surface area contributed by atoms with Crippen LogP contribution in [0.1, 0.15) is 78.7 Å². The van der Waals surface area contributed by atoms with E-state index in [9.17, 15) is 14.7 Å². The number of oxime groups is 1. The summed E-state index contributed by atoms with van der Waals surface area (Å²) in [5.41, 5.74) is 1.84. The number of carbonyl (C=O) groups excluding carboxylic acids is 1. The average molecular weight is 458 g/mol. The third-order valence-corrected chi connectivity index (χ3v) is 6.53. The number of piperidine rings is 1. The van der Waals surface area contributed by atoms with E-state index in [1.807, 2.05) is 26.2 Å². The van der Waals surface area contributed by atoms with E-state index in [-0.39, 0.29) is 11.7 Å². The van der Waals surface area contributed by atoms with Crippen LogP contribution in [0.2, 0.25) is 0 Å². The third-order valence-electron chi connectivity index (χ3n) is 5.52. The molecule has 1 unspecified atom stereocenters. The van der Waals surface area contributed by atoms with Crippen LogP contribution in [0, 0.1) is 0 Å². The highest BCUT2D eigenvalue weighted by molar-refractivity contribution is 7.10. The largest absolute Gasteiger partial charge is 0.478 e. The Kier molecular flexibility index (Phi) is 6.19. The number of carbonyl (C=O) groups is 2. The van der Waals surface area contributed by atoms with Crippen molar-refractivity contribution in [2.24, 2.45) is 5.16 Å². The first-order valence-corrected chi connectivity index (χ1v) is 11.6. The lowest BCUT2D eigenvalue weighted by Crippen LogP contribution is -2.41. The van der Waals surface area contributed by atoms with Crippen molar-refractivity contribution in [2.45, 2.75) is 57.7 Å². The van der Waals surface area contributed by atoms with Gasteiger partial charge < -0.3 is 19.6 Å².